The van der Waals surface area contributed by atoms with Crippen molar-refractivity contribution >= 4 is 32.7 Å². The van der Waals surface area contributed by atoms with Crippen LogP contribution in [0.3, 0.4) is 0 Å². The predicted molar refractivity (Wildman–Crippen MR) is 162 cm³/mol. The molecule has 4 N–H and O–H groups in total. The van der Waals surface area contributed by atoms with Gasteiger partial charge >= 0.3 is 0 Å². The highest BCUT2D eigenvalue weighted by molar-refractivity contribution is 7.88. The van der Waals surface area contributed by atoms with Crippen molar-refractivity contribution < 1.29 is 13.2 Å². The first-order chi connectivity index (χ1) is 20.2. The van der Waals surface area contributed by atoms with Crippen LogP contribution in [0.4, 0.5) is 5.82 Å². The molecule has 0 atom stereocenters. The third-order valence-electron chi connectivity index (χ3n) is 6.62. The van der Waals surface area contributed by atoms with E-state index in [-0.39, 0.29) is 31.4 Å². The maximum Gasteiger partial charge on any atom is 0.294 e. The number of nitrogens with one attached hydrogen (secondary N) is 4. The lowest BCUT2D eigenvalue weighted by molar-refractivity contribution is -0.121. The summed E-state index contributed by atoms with van der Waals surface area (Å²) in [4.78, 5) is 38.5. The Hall–Kier alpha value is -4.81. The molecule has 0 aliphatic carbocycles. The number of pyridine rings is 1. The highest BCUT2D eigenvalue weighted by Gasteiger charge is 2.16. The molecule has 0 fully saturated rings. The third-order valence-corrected chi connectivity index (χ3v) is 7.29. The zero-order chi connectivity index (χ0) is 29.5. The smallest absolute Gasteiger partial charge is 0.294 e. The quantitative estimate of drug-likeness (QED) is 0.176. The van der Waals surface area contributed by atoms with Gasteiger partial charge in [-0.05, 0) is 35.7 Å². The van der Waals surface area contributed by atoms with E-state index in [0.717, 1.165) is 28.4 Å². The maximum atomic E-state index is 13.6. The molecule has 2 aromatic carbocycles. The average Bonchev–Trinajstić information content (AvgIpc) is 3.40. The first kappa shape index (κ1) is 28.7. The van der Waals surface area contributed by atoms with Crippen LogP contribution in [-0.2, 0) is 40.9 Å². The Kier molecular flexibility index (Phi) is 8.74. The van der Waals surface area contributed by atoms with E-state index in [4.69, 9.17) is 0 Å². The lowest BCUT2D eigenvalue weighted by Gasteiger charge is -2.16. The third kappa shape index (κ3) is 7.47. The number of aromatic nitrogens is 4. The average molecular weight is 586 g/mol. The Balaban J connectivity index is 1.38. The summed E-state index contributed by atoms with van der Waals surface area (Å²) in [7, 11) is -3.39. The molecule has 0 unspecified atom stereocenters. The molecule has 11 nitrogen and oxygen atoms in total. The lowest BCUT2D eigenvalue weighted by atomic mass is 10.1. The molecule has 3 aromatic heterocycles. The van der Waals surface area contributed by atoms with Gasteiger partial charge in [-0.2, -0.15) is 0 Å². The van der Waals surface area contributed by atoms with Crippen molar-refractivity contribution in [2.75, 3.05) is 18.1 Å². The summed E-state index contributed by atoms with van der Waals surface area (Å²) in [6.45, 7) is 0.582. The zero-order valence-corrected chi connectivity index (χ0v) is 23.8. The summed E-state index contributed by atoms with van der Waals surface area (Å²) in [5, 5.41) is 6.93. The van der Waals surface area contributed by atoms with Crippen LogP contribution in [0, 0.1) is 0 Å². The number of sulfonamides is 1. The number of amides is 1. The lowest BCUT2D eigenvalue weighted by Crippen LogP contribution is -2.34. The van der Waals surface area contributed by atoms with E-state index >= 15 is 0 Å². The number of nitrogens with zero attached hydrogens (tertiary/aromatic N) is 3. The van der Waals surface area contributed by atoms with Crippen LogP contribution >= 0.6 is 0 Å². The molecule has 0 aliphatic rings. The van der Waals surface area contributed by atoms with Crippen molar-refractivity contribution in [2.24, 2.45) is 0 Å². The summed E-state index contributed by atoms with van der Waals surface area (Å²) in [6.07, 6.45) is 6.77. The van der Waals surface area contributed by atoms with Crippen molar-refractivity contribution in [1.29, 1.82) is 0 Å². The van der Waals surface area contributed by atoms with Gasteiger partial charge in [0.25, 0.3) is 5.56 Å². The van der Waals surface area contributed by atoms with Crippen LogP contribution in [0.15, 0.2) is 90.1 Å². The minimum absolute atomic E-state index is 0.0873. The van der Waals surface area contributed by atoms with Crippen LogP contribution in [-0.4, -0.2) is 46.6 Å². The number of anilines is 1. The number of carbonyl (C=O) groups excluding carboxylic acids is 1. The van der Waals surface area contributed by atoms with Gasteiger partial charge in [-0.3, -0.25) is 19.1 Å². The summed E-state index contributed by atoms with van der Waals surface area (Å²) in [6, 6.07) is 20.8. The molecule has 12 heteroatoms. The maximum absolute atomic E-state index is 13.6. The second-order valence-corrected chi connectivity index (χ2v) is 11.7. The summed E-state index contributed by atoms with van der Waals surface area (Å²) in [5.74, 6) is -0.216. The number of fused-ring (bicyclic) bond motifs is 1. The number of carbonyl (C=O) groups is 1. The van der Waals surface area contributed by atoms with Crippen LogP contribution in [0.2, 0.25) is 0 Å². The van der Waals surface area contributed by atoms with Crippen molar-refractivity contribution in [1.82, 2.24) is 29.6 Å². The Bertz CT molecular complexity index is 1830. The van der Waals surface area contributed by atoms with E-state index < -0.39 is 15.6 Å². The topological polar surface area (TPSA) is 151 Å². The fraction of sp³-hybridized carbons (Fsp3) is 0.200. The van der Waals surface area contributed by atoms with E-state index in [2.05, 4.69) is 30.3 Å². The molecule has 0 saturated heterocycles. The second-order valence-electron chi connectivity index (χ2n) is 9.87. The van der Waals surface area contributed by atoms with Crippen LogP contribution < -0.4 is 20.9 Å². The number of H-pyrrole nitrogens is 1. The number of hydrogen-bond donors (Lipinski definition) is 4. The Morgan fingerprint density at radius 3 is 2.57 bits per heavy atom. The van der Waals surface area contributed by atoms with E-state index in [9.17, 15) is 18.0 Å². The molecular weight excluding hydrogens is 554 g/mol. The highest BCUT2D eigenvalue weighted by Crippen LogP contribution is 2.20. The van der Waals surface area contributed by atoms with Gasteiger partial charge in [0.05, 0.1) is 24.7 Å². The van der Waals surface area contributed by atoms with E-state index in [0.29, 0.717) is 29.8 Å². The summed E-state index contributed by atoms with van der Waals surface area (Å²) >= 11 is 0. The van der Waals surface area contributed by atoms with Crippen LogP contribution in [0.1, 0.15) is 16.8 Å². The standard InChI is InChI=1S/C30H31N7O4S/c1-42(40,41)35-16-22-8-5-9-23(14-22)27-19-34-29(32-13-10-21-6-3-2-4-7-21)30(39)37(27)20-28(38)33-18-25-15-24-17-31-12-11-26(24)36-25/h2-9,11-12,14-15,17,19,35-36H,10,13,16,18,20H2,1H3,(H,32,34)(H,33,38). The normalized spacial score (nSPS) is 11.5. The molecule has 0 bridgehead atoms. The van der Waals surface area contributed by atoms with Gasteiger partial charge in [-0.25, -0.2) is 18.1 Å². The molecule has 0 aliphatic heterocycles. The zero-order valence-electron chi connectivity index (χ0n) is 23.0. The van der Waals surface area contributed by atoms with Crippen molar-refractivity contribution in [3.05, 3.63) is 112 Å². The summed E-state index contributed by atoms with van der Waals surface area (Å²) < 4.78 is 27.0. The fourth-order valence-corrected chi connectivity index (χ4v) is 4.97. The molecule has 1 amide bonds. The second kappa shape index (κ2) is 12.8. The molecule has 3 heterocycles. The number of hydrogen-bond acceptors (Lipinski definition) is 7. The molecular formula is C30H31N7O4S. The first-order valence-electron chi connectivity index (χ1n) is 13.3. The molecule has 42 heavy (non-hydrogen) atoms. The highest BCUT2D eigenvalue weighted by atomic mass is 32.2. The minimum Gasteiger partial charge on any atom is -0.365 e. The van der Waals surface area contributed by atoms with E-state index in [1.165, 1.54) is 4.57 Å². The van der Waals surface area contributed by atoms with Crippen molar-refractivity contribution in [2.45, 2.75) is 26.1 Å². The van der Waals surface area contributed by atoms with Gasteiger partial charge in [0, 0.05) is 47.6 Å². The number of aromatic amines is 1. The van der Waals surface area contributed by atoms with Gasteiger partial charge in [-0.15, -0.1) is 0 Å². The SMILES string of the molecule is CS(=O)(=O)NCc1cccc(-c2cnc(NCCc3ccccc3)c(=O)n2CC(=O)NCc2cc3cnccc3[nH]2)c1. The Labute approximate surface area is 243 Å². The van der Waals surface area contributed by atoms with Gasteiger partial charge in [-0.1, -0.05) is 48.5 Å². The van der Waals surface area contributed by atoms with Crippen LogP contribution in [0.25, 0.3) is 22.2 Å². The number of rotatable bonds is 12. The first-order valence-corrected chi connectivity index (χ1v) is 15.2. The van der Waals surface area contributed by atoms with Gasteiger partial charge < -0.3 is 15.6 Å². The fourth-order valence-electron chi connectivity index (χ4n) is 4.54. The molecule has 0 radical (unpaired) electrons. The molecule has 216 valence electrons. The molecule has 5 aromatic rings. The van der Waals surface area contributed by atoms with E-state index in [1.54, 1.807) is 42.9 Å². The van der Waals surface area contributed by atoms with Crippen LogP contribution in [0.5, 0.6) is 0 Å². The van der Waals surface area contributed by atoms with Gasteiger partial charge in [0.2, 0.25) is 15.9 Å². The van der Waals surface area contributed by atoms with Gasteiger partial charge in [0.15, 0.2) is 5.82 Å². The largest absolute Gasteiger partial charge is 0.365 e. The number of benzene rings is 2. The molecule has 0 saturated carbocycles. The Morgan fingerprint density at radius 2 is 1.79 bits per heavy atom. The Morgan fingerprint density at radius 1 is 0.976 bits per heavy atom. The monoisotopic (exact) mass is 585 g/mol. The predicted octanol–water partition coefficient (Wildman–Crippen LogP) is 2.81. The summed E-state index contributed by atoms with van der Waals surface area (Å²) in [5.41, 5.74) is 4.16. The van der Waals surface area contributed by atoms with Gasteiger partial charge in [0.1, 0.15) is 6.54 Å². The minimum atomic E-state index is -3.39. The molecule has 5 rings (SSSR count). The van der Waals surface area contributed by atoms with Crippen molar-refractivity contribution in [3.8, 4) is 11.3 Å². The van der Waals surface area contributed by atoms with E-state index in [1.807, 2.05) is 42.5 Å². The van der Waals surface area contributed by atoms with Crippen molar-refractivity contribution in [3.63, 3.8) is 0 Å². The molecule has 0 spiro atoms.